The number of carbonyl (C=O) groups excluding carboxylic acids is 1. The lowest BCUT2D eigenvalue weighted by Crippen LogP contribution is -2.55. The number of sulfonamides is 1. The van der Waals surface area contributed by atoms with Gasteiger partial charge < -0.3 is 30.0 Å². The van der Waals surface area contributed by atoms with E-state index in [-0.39, 0.29) is 30.2 Å². The second-order valence-electron chi connectivity index (χ2n) is 17.3. The highest BCUT2D eigenvalue weighted by Gasteiger charge is 2.43. The Kier molecular flexibility index (Phi) is 14.0. The number of anilines is 1. The summed E-state index contributed by atoms with van der Waals surface area (Å²) < 4.78 is 49.6. The number of nitriles is 1. The fraction of sp³-hybridized carbons (Fsp3) is 0.294. The van der Waals surface area contributed by atoms with Crippen molar-refractivity contribution in [2.75, 3.05) is 18.5 Å². The van der Waals surface area contributed by atoms with Crippen LogP contribution in [0.5, 0.6) is 17.2 Å². The maximum atomic E-state index is 14.9. The third-order valence-electron chi connectivity index (χ3n) is 12.6. The molecule has 5 aromatic carbocycles. The van der Waals surface area contributed by atoms with Crippen molar-refractivity contribution in [2.24, 2.45) is 5.92 Å². The predicted octanol–water partition coefficient (Wildman–Crippen LogP) is 9.92. The number of nitrogens with one attached hydrogen (secondary N) is 2. The number of amides is 1. The second kappa shape index (κ2) is 20.2. The second-order valence-corrected chi connectivity index (χ2v) is 21.2. The molecule has 3 heterocycles. The van der Waals surface area contributed by atoms with Crippen LogP contribution in [0.4, 0.5) is 5.13 Å². The number of nitrogens with zero attached hydrogens (tertiary/aromatic N) is 3. The summed E-state index contributed by atoms with van der Waals surface area (Å²) in [6.07, 6.45) is 3.96. The normalized spacial score (nSPS) is 17.4. The third-order valence-corrected chi connectivity index (χ3v) is 16.9. The number of carbonyl (C=O) groups is 2. The number of ether oxygens (including phenoxy) is 3. The van der Waals surface area contributed by atoms with Crippen molar-refractivity contribution < 1.29 is 37.3 Å². The first kappa shape index (κ1) is 46.9. The number of hydrogen-bond donors (Lipinski definition) is 3. The van der Waals surface area contributed by atoms with Gasteiger partial charge in [0.1, 0.15) is 31.0 Å². The maximum absolute atomic E-state index is 14.9. The van der Waals surface area contributed by atoms with Crippen molar-refractivity contribution >= 4 is 61.6 Å². The van der Waals surface area contributed by atoms with Gasteiger partial charge in [-0.2, -0.15) is 9.57 Å². The lowest BCUT2D eigenvalue weighted by Gasteiger charge is -2.36. The van der Waals surface area contributed by atoms with E-state index >= 15 is 0 Å². The zero-order valence-corrected chi connectivity index (χ0v) is 40.1. The van der Waals surface area contributed by atoms with E-state index in [4.69, 9.17) is 37.4 Å². The molecule has 68 heavy (non-hydrogen) atoms. The number of hydrogen-bond acceptors (Lipinski definition) is 11. The van der Waals surface area contributed by atoms with Crippen LogP contribution in [0.1, 0.15) is 70.9 Å². The molecule has 13 nitrogen and oxygen atoms in total. The van der Waals surface area contributed by atoms with E-state index in [2.05, 4.69) is 21.7 Å². The summed E-state index contributed by atoms with van der Waals surface area (Å²) in [7, 11) is -4.38. The van der Waals surface area contributed by atoms with E-state index in [1.165, 1.54) is 12.8 Å². The highest BCUT2D eigenvalue weighted by Crippen LogP contribution is 2.43. The van der Waals surface area contributed by atoms with Gasteiger partial charge in [-0.1, -0.05) is 102 Å². The number of aryl methyl sites for hydroxylation is 1. The van der Waals surface area contributed by atoms with Crippen LogP contribution in [0.15, 0.2) is 107 Å². The maximum Gasteiger partial charge on any atom is 0.326 e. The molecule has 17 heteroatoms. The minimum atomic E-state index is -4.38. The topological polar surface area (TPSA) is 180 Å². The number of aromatic nitrogens is 1. The van der Waals surface area contributed by atoms with E-state index in [9.17, 15) is 28.4 Å². The lowest BCUT2D eigenvalue weighted by atomic mass is 9.94. The Bertz CT molecular complexity index is 2990. The molecule has 1 fully saturated rings. The average Bonchev–Trinajstić information content (AvgIpc) is 4.02. The molecule has 1 saturated carbocycles. The zero-order valence-electron chi connectivity index (χ0n) is 36.9. The molecule has 350 valence electrons. The van der Waals surface area contributed by atoms with Crippen molar-refractivity contribution in [3.05, 3.63) is 152 Å². The molecule has 1 unspecified atom stereocenters. The average molecular weight is 993 g/mol. The molecule has 1 aromatic heterocycles. The Labute approximate surface area is 408 Å². The van der Waals surface area contributed by atoms with E-state index in [0.29, 0.717) is 79.4 Å². The first-order valence-electron chi connectivity index (χ1n) is 22.3. The van der Waals surface area contributed by atoms with Gasteiger partial charge in [-0.15, -0.1) is 0 Å². The van der Waals surface area contributed by atoms with Crippen LogP contribution in [0.25, 0.3) is 11.1 Å². The Morgan fingerprint density at radius 2 is 1.62 bits per heavy atom. The first-order chi connectivity index (χ1) is 32.8. The first-order valence-corrected chi connectivity index (χ1v) is 25.3. The van der Waals surface area contributed by atoms with Crippen molar-refractivity contribution in [3.8, 4) is 34.4 Å². The number of fused-ring (bicyclic) bond motifs is 2. The summed E-state index contributed by atoms with van der Waals surface area (Å²) >= 11 is 13.3. The highest BCUT2D eigenvalue weighted by atomic mass is 35.5. The summed E-state index contributed by atoms with van der Waals surface area (Å²) in [6.45, 7) is 2.62. The standard InChI is InChI=1S/C51H47Cl2N5O8S2/c1-30-50(67-51(56-30)55-26-33-4-2-3-5-33)68(62,63)58-27-39-24-46-45(65-29-47(66-46)37-15-17-40(18-16-37)64-28-34-10-19-41(52)42(53)20-34)23-38(39)22-44(58)48(59)57-43(49(60)61)21-31-6-11-35(12-7-31)36-13-8-32(25-54)9-14-36/h6-20,23-24,33,43-44,47H,2-5,21-22,26-29H2,1H3,(H,55,56)(H,57,59)(H,60,61)/t43?,44-,47+/m0/s1. The largest absolute Gasteiger partial charge is 0.489 e. The lowest BCUT2D eigenvalue weighted by molar-refractivity contribution is -0.142. The van der Waals surface area contributed by atoms with Gasteiger partial charge in [0.2, 0.25) is 5.91 Å². The number of thiazole rings is 1. The van der Waals surface area contributed by atoms with Crippen LogP contribution < -0.4 is 24.8 Å². The van der Waals surface area contributed by atoms with Gasteiger partial charge >= 0.3 is 5.97 Å². The van der Waals surface area contributed by atoms with E-state index in [1.807, 2.05) is 54.6 Å². The number of carboxylic acids is 1. The molecule has 0 radical (unpaired) electrons. The van der Waals surface area contributed by atoms with Crippen LogP contribution in [-0.4, -0.2) is 59.9 Å². The quantitative estimate of drug-likeness (QED) is 0.0891. The van der Waals surface area contributed by atoms with E-state index in [1.54, 1.807) is 55.5 Å². The molecular formula is C51H47Cl2N5O8S2. The number of rotatable bonds is 15. The van der Waals surface area contributed by atoms with Crippen LogP contribution in [0, 0.1) is 24.2 Å². The SMILES string of the molecule is Cc1nc(NCC2CCCC2)sc1S(=O)(=O)N1Cc2cc3c(cc2C[C@H]1C(=O)NC(Cc1ccc(-c2ccc(C#N)cc2)cc1)C(=O)O)OC[C@H](c1ccc(OCc2ccc(Cl)c(Cl)c2)cc1)O3. The minimum absolute atomic E-state index is 0.00630. The molecule has 1 aliphatic carbocycles. The molecule has 0 bridgehead atoms. The van der Waals surface area contributed by atoms with Crippen LogP contribution in [0.3, 0.4) is 0 Å². The number of aliphatic carboxylic acids is 1. The smallest absolute Gasteiger partial charge is 0.326 e. The van der Waals surface area contributed by atoms with Gasteiger partial charge in [-0.25, -0.2) is 18.2 Å². The summed E-state index contributed by atoms with van der Waals surface area (Å²) in [5.74, 6) is -0.0176. The summed E-state index contributed by atoms with van der Waals surface area (Å²) in [4.78, 5) is 31.8. The van der Waals surface area contributed by atoms with Gasteiger partial charge in [0.15, 0.2) is 26.9 Å². The Hall–Kier alpha value is -6.15. The number of carboxylic acid groups (broad SMARTS) is 1. The van der Waals surface area contributed by atoms with E-state index < -0.39 is 40.1 Å². The molecule has 2 aliphatic heterocycles. The molecule has 1 amide bonds. The highest BCUT2D eigenvalue weighted by molar-refractivity contribution is 7.91. The van der Waals surface area contributed by atoms with Gasteiger partial charge in [0.25, 0.3) is 10.0 Å². The van der Waals surface area contributed by atoms with Gasteiger partial charge in [-0.3, -0.25) is 4.79 Å². The van der Waals surface area contributed by atoms with Crippen molar-refractivity contribution in [2.45, 2.75) is 81.0 Å². The summed E-state index contributed by atoms with van der Waals surface area (Å²) in [5.41, 5.74) is 6.25. The number of halogens is 2. The zero-order chi connectivity index (χ0) is 47.5. The fourth-order valence-corrected chi connectivity index (χ4v) is 12.3. The summed E-state index contributed by atoms with van der Waals surface area (Å²) in [6, 6.07) is 30.2. The Balaban J connectivity index is 0.948. The van der Waals surface area contributed by atoms with E-state index in [0.717, 1.165) is 50.7 Å². The molecule has 3 atom stereocenters. The molecule has 0 spiro atoms. The van der Waals surface area contributed by atoms with Crippen LogP contribution in [0.2, 0.25) is 10.0 Å². The van der Waals surface area contributed by atoms with Gasteiger partial charge in [-0.05, 0) is 120 Å². The monoisotopic (exact) mass is 991 g/mol. The Morgan fingerprint density at radius 3 is 2.31 bits per heavy atom. The third kappa shape index (κ3) is 10.4. The molecule has 6 aromatic rings. The van der Waals surface area contributed by atoms with Crippen LogP contribution in [-0.2, 0) is 45.6 Å². The van der Waals surface area contributed by atoms with Crippen molar-refractivity contribution in [1.82, 2.24) is 14.6 Å². The molecule has 9 rings (SSSR count). The van der Waals surface area contributed by atoms with Crippen molar-refractivity contribution in [1.29, 1.82) is 5.26 Å². The van der Waals surface area contributed by atoms with Crippen molar-refractivity contribution in [3.63, 3.8) is 0 Å². The van der Waals surface area contributed by atoms with Gasteiger partial charge in [0.05, 0.1) is 27.4 Å². The molecule has 0 saturated heterocycles. The van der Waals surface area contributed by atoms with Gasteiger partial charge in [0, 0.05) is 19.5 Å². The minimum Gasteiger partial charge on any atom is -0.489 e. The Morgan fingerprint density at radius 1 is 0.926 bits per heavy atom. The molecule has 3 N–H and O–H groups in total. The summed E-state index contributed by atoms with van der Waals surface area (Å²) in [5, 5.41) is 27.0. The molecular weight excluding hydrogens is 946 g/mol. The molecule has 3 aliphatic rings. The fourth-order valence-electron chi connectivity index (χ4n) is 8.87. The predicted molar refractivity (Wildman–Crippen MR) is 260 cm³/mol. The number of benzene rings is 5. The van der Waals surface area contributed by atoms with Crippen LogP contribution >= 0.6 is 34.5 Å².